The van der Waals surface area contributed by atoms with Crippen LogP contribution >= 0.6 is 11.3 Å². The smallest absolute Gasteiger partial charge is 0.164 e. The highest BCUT2D eigenvalue weighted by Gasteiger charge is 2.25. The number of hydrogen-bond acceptors (Lipinski definition) is 5. The summed E-state index contributed by atoms with van der Waals surface area (Å²) in [5.41, 5.74) is 16.7. The standard InChI is InChI=1S/C69H42N4OS/c1-5-17-43(18-6-1)45-29-33-49(34-30-45)67-70-68(50-35-31-46(32-36-50)44-19-7-2-8-20-44)72-69(71-67)51-41-56(47-21-9-3-10-22-47)64(57(42-51)48-23-11-4-12-24-48)73-58-27-15-13-25-54(58)62-59(73)39-37-52-53-38-40-61-63(66(53)75-65(52)62)55-26-14-16-28-60(55)74-61/h1-42H. The molecule has 0 aliphatic heterocycles. The molecule has 0 radical (unpaired) electrons. The zero-order valence-corrected chi connectivity index (χ0v) is 41.2. The first-order valence-electron chi connectivity index (χ1n) is 25.2. The SMILES string of the molecule is c1ccc(-c2ccc(-c3nc(-c4ccc(-c5ccccc5)cc4)nc(-c4cc(-c5ccccc5)c(-n5c6ccccc6c6c7sc8c(ccc9oc%10ccccc%10c98)c7ccc65)c(-c5ccccc5)c4)n3)cc2)cc1. The maximum atomic E-state index is 6.42. The summed E-state index contributed by atoms with van der Waals surface area (Å²) in [6.07, 6.45) is 0. The molecular weight excluding hydrogens is 933 g/mol. The van der Waals surface area contributed by atoms with Gasteiger partial charge in [-0.2, -0.15) is 0 Å². The van der Waals surface area contributed by atoms with E-state index in [0.717, 1.165) is 94.5 Å². The van der Waals surface area contributed by atoms with Gasteiger partial charge in [0.1, 0.15) is 11.2 Å². The fourth-order valence-corrected chi connectivity index (χ4v) is 12.5. The predicted molar refractivity (Wildman–Crippen MR) is 312 cm³/mol. The molecule has 0 aliphatic carbocycles. The van der Waals surface area contributed by atoms with Gasteiger partial charge in [0.15, 0.2) is 17.5 Å². The van der Waals surface area contributed by atoms with Gasteiger partial charge >= 0.3 is 0 Å². The quantitative estimate of drug-likeness (QED) is 0.152. The Balaban J connectivity index is 0.987. The third kappa shape index (κ3) is 7.18. The number of hydrogen-bond donors (Lipinski definition) is 0. The average molecular weight is 975 g/mol. The van der Waals surface area contributed by atoms with Gasteiger partial charge in [0.25, 0.3) is 0 Å². The number of fused-ring (bicyclic) bond motifs is 11. The Bertz CT molecular complexity index is 4500. The first kappa shape index (κ1) is 42.9. The van der Waals surface area contributed by atoms with Gasteiger partial charge in [-0.15, -0.1) is 11.3 Å². The maximum Gasteiger partial charge on any atom is 0.164 e. The van der Waals surface area contributed by atoms with E-state index in [1.165, 1.54) is 36.3 Å². The lowest BCUT2D eigenvalue weighted by Gasteiger charge is -2.21. The third-order valence-corrected chi connectivity index (χ3v) is 15.9. The zero-order valence-electron chi connectivity index (χ0n) is 40.4. The normalized spacial score (nSPS) is 11.7. The fourth-order valence-electron chi connectivity index (χ4n) is 11.1. The van der Waals surface area contributed by atoms with Crippen molar-refractivity contribution in [1.82, 2.24) is 19.5 Å². The minimum atomic E-state index is 0.586. The van der Waals surface area contributed by atoms with E-state index in [9.17, 15) is 0 Å². The molecule has 5 nitrogen and oxygen atoms in total. The molecule has 4 heterocycles. The van der Waals surface area contributed by atoms with Crippen LogP contribution in [-0.2, 0) is 0 Å². The second-order valence-electron chi connectivity index (χ2n) is 19.0. The molecular formula is C69H42N4OS. The van der Waals surface area contributed by atoms with Crippen molar-refractivity contribution in [3.05, 3.63) is 255 Å². The van der Waals surface area contributed by atoms with Crippen molar-refractivity contribution in [2.45, 2.75) is 0 Å². The number of rotatable bonds is 8. The van der Waals surface area contributed by atoms with Gasteiger partial charge in [0, 0.05) is 69.5 Å². The Hall–Kier alpha value is -9.75. The van der Waals surface area contributed by atoms with E-state index in [1.54, 1.807) is 0 Å². The van der Waals surface area contributed by atoms with Crippen molar-refractivity contribution >= 4 is 75.3 Å². The van der Waals surface area contributed by atoms with Crippen molar-refractivity contribution in [2.75, 3.05) is 0 Å². The Morgan fingerprint density at radius 3 is 1.28 bits per heavy atom. The van der Waals surface area contributed by atoms with Gasteiger partial charge in [-0.3, -0.25) is 0 Å². The van der Waals surface area contributed by atoms with Crippen LogP contribution in [0.4, 0.5) is 0 Å². The van der Waals surface area contributed by atoms with Gasteiger partial charge in [0.2, 0.25) is 0 Å². The Labute approximate surface area is 435 Å². The molecule has 4 aromatic heterocycles. The number of nitrogens with zero attached hydrogens (tertiary/aromatic N) is 4. The molecule has 75 heavy (non-hydrogen) atoms. The third-order valence-electron chi connectivity index (χ3n) is 14.7. The van der Waals surface area contributed by atoms with E-state index in [4.69, 9.17) is 19.4 Å². The van der Waals surface area contributed by atoms with E-state index in [1.807, 2.05) is 29.5 Å². The molecule has 6 heteroatoms. The Morgan fingerprint density at radius 1 is 0.293 bits per heavy atom. The van der Waals surface area contributed by atoms with Crippen LogP contribution in [0.25, 0.3) is 148 Å². The van der Waals surface area contributed by atoms with Crippen LogP contribution in [0.1, 0.15) is 0 Å². The monoisotopic (exact) mass is 974 g/mol. The molecule has 11 aromatic carbocycles. The molecule has 15 aromatic rings. The topological polar surface area (TPSA) is 56.7 Å². The van der Waals surface area contributed by atoms with E-state index in [0.29, 0.717) is 17.5 Å². The van der Waals surface area contributed by atoms with Crippen molar-refractivity contribution in [3.63, 3.8) is 0 Å². The first-order chi connectivity index (χ1) is 37.2. The van der Waals surface area contributed by atoms with Crippen LogP contribution in [0.2, 0.25) is 0 Å². The summed E-state index contributed by atoms with van der Waals surface area (Å²) in [7, 11) is 0. The number of furan rings is 1. The van der Waals surface area contributed by atoms with Crippen LogP contribution in [0.15, 0.2) is 259 Å². The number of thiophene rings is 1. The van der Waals surface area contributed by atoms with E-state index < -0.39 is 0 Å². The van der Waals surface area contributed by atoms with Crippen molar-refractivity contribution in [3.8, 4) is 84.4 Å². The lowest BCUT2D eigenvalue weighted by molar-refractivity contribution is 0.669. The van der Waals surface area contributed by atoms with Gasteiger partial charge < -0.3 is 8.98 Å². The van der Waals surface area contributed by atoms with Gasteiger partial charge in [-0.1, -0.05) is 212 Å². The maximum absolute atomic E-state index is 6.42. The highest BCUT2D eigenvalue weighted by atomic mass is 32.1. The summed E-state index contributed by atoms with van der Waals surface area (Å²) in [6, 6.07) is 90.4. The average Bonchev–Trinajstić information content (AvgIpc) is 4.30. The molecule has 15 rings (SSSR count). The molecule has 0 saturated heterocycles. The highest BCUT2D eigenvalue weighted by Crippen LogP contribution is 2.49. The fraction of sp³-hybridized carbons (Fsp3) is 0. The van der Waals surface area contributed by atoms with Gasteiger partial charge in [-0.05, 0) is 75.8 Å². The molecule has 0 fully saturated rings. The second kappa shape index (κ2) is 17.5. The van der Waals surface area contributed by atoms with Crippen molar-refractivity contribution in [1.29, 1.82) is 0 Å². The van der Waals surface area contributed by atoms with Crippen LogP contribution in [0.5, 0.6) is 0 Å². The minimum absolute atomic E-state index is 0.586. The van der Waals surface area contributed by atoms with Gasteiger partial charge in [-0.25, -0.2) is 15.0 Å². The Morgan fingerprint density at radius 2 is 0.720 bits per heavy atom. The molecule has 0 spiro atoms. The van der Waals surface area contributed by atoms with E-state index in [2.05, 4.69) is 241 Å². The molecule has 0 aliphatic rings. The number of aromatic nitrogens is 4. The summed E-state index contributed by atoms with van der Waals surface area (Å²) in [5, 5.41) is 7.22. The molecule has 350 valence electrons. The predicted octanol–water partition coefficient (Wildman–Crippen LogP) is 18.9. The highest BCUT2D eigenvalue weighted by molar-refractivity contribution is 7.27. The van der Waals surface area contributed by atoms with Gasteiger partial charge in [0.05, 0.1) is 16.7 Å². The summed E-state index contributed by atoms with van der Waals surface area (Å²) < 4.78 is 11.4. The van der Waals surface area contributed by atoms with Crippen LogP contribution in [-0.4, -0.2) is 19.5 Å². The van der Waals surface area contributed by atoms with Crippen molar-refractivity contribution < 1.29 is 4.42 Å². The largest absolute Gasteiger partial charge is 0.456 e. The second-order valence-corrected chi connectivity index (χ2v) is 20.1. The minimum Gasteiger partial charge on any atom is -0.456 e. The zero-order chi connectivity index (χ0) is 49.4. The summed E-state index contributed by atoms with van der Waals surface area (Å²) >= 11 is 1.87. The molecule has 0 unspecified atom stereocenters. The first-order valence-corrected chi connectivity index (χ1v) is 26.1. The molecule has 0 N–H and O–H groups in total. The summed E-state index contributed by atoms with van der Waals surface area (Å²) in [4.78, 5) is 16.0. The lowest BCUT2D eigenvalue weighted by atomic mass is 9.92. The molecule has 0 amide bonds. The number of para-hydroxylation sites is 2. The van der Waals surface area contributed by atoms with Crippen molar-refractivity contribution in [2.24, 2.45) is 0 Å². The summed E-state index contributed by atoms with van der Waals surface area (Å²) in [6.45, 7) is 0. The summed E-state index contributed by atoms with van der Waals surface area (Å²) in [5.74, 6) is 1.79. The molecule has 0 atom stereocenters. The lowest BCUT2D eigenvalue weighted by Crippen LogP contribution is -2.04. The van der Waals surface area contributed by atoms with E-state index >= 15 is 0 Å². The molecule has 0 saturated carbocycles. The van der Waals surface area contributed by atoms with E-state index in [-0.39, 0.29) is 0 Å². The number of benzene rings is 11. The van der Waals surface area contributed by atoms with Crippen LogP contribution in [0.3, 0.4) is 0 Å². The molecule has 0 bridgehead atoms. The van der Waals surface area contributed by atoms with Crippen LogP contribution in [0, 0.1) is 0 Å². The van der Waals surface area contributed by atoms with Crippen LogP contribution < -0.4 is 0 Å². The Kier molecular flexibility index (Phi) is 10.00.